The molecule has 0 fully saturated rings. The van der Waals surface area contributed by atoms with E-state index in [2.05, 4.69) is 31.4 Å². The van der Waals surface area contributed by atoms with Crippen LogP contribution in [0.15, 0.2) is 16.7 Å². The van der Waals surface area contributed by atoms with Crippen LogP contribution < -0.4 is 5.32 Å². The number of nitrogens with zero attached hydrogens (tertiary/aromatic N) is 2. The molecule has 2 aromatic heterocycles. The molecular weight excluding hydrogens is 312 g/mol. The Balaban J connectivity index is 2.05. The smallest absolute Gasteiger partial charge is 0.139 e. The number of anilines is 1. The van der Waals surface area contributed by atoms with E-state index in [-0.39, 0.29) is 0 Å². The lowest BCUT2D eigenvalue weighted by atomic mass is 10.3. The molecule has 82 valence electrons. The molecule has 16 heavy (non-hydrogen) atoms. The van der Waals surface area contributed by atoms with E-state index in [1.54, 1.807) is 0 Å². The van der Waals surface area contributed by atoms with Gasteiger partial charge in [-0.3, -0.25) is 5.10 Å². The fourth-order valence-corrected chi connectivity index (χ4v) is 2.89. The van der Waals surface area contributed by atoms with Crippen LogP contribution in [0.4, 0.5) is 5.82 Å². The van der Waals surface area contributed by atoms with Gasteiger partial charge in [0.15, 0.2) is 0 Å². The summed E-state index contributed by atoms with van der Waals surface area (Å²) in [6.07, 6.45) is 1.49. The van der Waals surface area contributed by atoms with Crippen LogP contribution in [0.5, 0.6) is 0 Å². The van der Waals surface area contributed by atoms with Gasteiger partial charge in [0.05, 0.1) is 12.7 Å². The molecule has 0 atom stereocenters. The molecule has 0 aliphatic rings. The average molecular weight is 318 g/mol. The summed E-state index contributed by atoms with van der Waals surface area (Å²) in [7, 11) is 0. The molecule has 0 spiro atoms. The second-order valence-corrected chi connectivity index (χ2v) is 5.55. The quantitative estimate of drug-likeness (QED) is 0.912. The monoisotopic (exact) mass is 316 g/mol. The highest BCUT2D eigenvalue weighted by Gasteiger charge is 2.06. The number of rotatable bonds is 3. The van der Waals surface area contributed by atoms with Gasteiger partial charge in [-0.25, -0.2) is 0 Å². The number of hydrogen-bond donors (Lipinski definition) is 2. The molecule has 2 aromatic rings. The first-order chi connectivity index (χ1) is 7.70. The van der Waals surface area contributed by atoms with Crippen LogP contribution in [-0.4, -0.2) is 10.2 Å². The summed E-state index contributed by atoms with van der Waals surface area (Å²) in [5, 5.41) is 18.4. The minimum absolute atomic E-state index is 0.502. The van der Waals surface area contributed by atoms with Crippen LogP contribution in [-0.2, 0) is 6.54 Å². The van der Waals surface area contributed by atoms with Crippen molar-refractivity contribution in [3.63, 3.8) is 0 Å². The Kier molecular flexibility index (Phi) is 3.49. The average Bonchev–Trinajstić information content (AvgIpc) is 2.83. The summed E-state index contributed by atoms with van der Waals surface area (Å²) in [6, 6.07) is 3.99. The zero-order valence-corrected chi connectivity index (χ0v) is 11.1. The molecule has 0 aliphatic heterocycles. The van der Waals surface area contributed by atoms with Gasteiger partial charge in [-0.15, -0.1) is 11.3 Å². The maximum absolute atomic E-state index is 8.78. The second-order valence-electron chi connectivity index (χ2n) is 2.96. The molecule has 2 heterocycles. The standard InChI is InChI=1S/C9H6BrClN4S/c10-7-1-6(16-8(7)11)4-13-9-5(2-12)3-14-15-9/h1,3H,4H2,(H2,13,14,15). The van der Waals surface area contributed by atoms with Gasteiger partial charge < -0.3 is 5.32 Å². The SMILES string of the molecule is N#Cc1cn[nH]c1NCc1cc(Br)c(Cl)s1. The summed E-state index contributed by atoms with van der Waals surface area (Å²) < 4.78 is 1.61. The molecule has 0 aromatic carbocycles. The third-order valence-electron chi connectivity index (χ3n) is 1.90. The molecule has 0 bridgehead atoms. The minimum atomic E-state index is 0.502. The van der Waals surface area contributed by atoms with Crippen LogP contribution in [0.25, 0.3) is 0 Å². The van der Waals surface area contributed by atoms with E-state index in [1.165, 1.54) is 17.5 Å². The summed E-state index contributed by atoms with van der Waals surface area (Å²) in [4.78, 5) is 1.08. The molecule has 0 saturated heterocycles. The highest BCUT2D eigenvalue weighted by atomic mass is 79.9. The van der Waals surface area contributed by atoms with Gasteiger partial charge in [-0.05, 0) is 22.0 Å². The van der Waals surface area contributed by atoms with Crippen LogP contribution in [0.1, 0.15) is 10.4 Å². The van der Waals surface area contributed by atoms with Gasteiger partial charge >= 0.3 is 0 Å². The number of hydrogen-bond acceptors (Lipinski definition) is 4. The number of nitriles is 1. The normalized spacial score (nSPS) is 10.1. The van der Waals surface area contributed by atoms with E-state index in [4.69, 9.17) is 16.9 Å². The minimum Gasteiger partial charge on any atom is -0.364 e. The summed E-state index contributed by atoms with van der Waals surface area (Å²) in [6.45, 7) is 0.604. The van der Waals surface area contributed by atoms with Crippen LogP contribution in [0, 0.1) is 11.3 Å². The predicted octanol–water partition coefficient (Wildman–Crippen LogP) is 3.37. The summed E-state index contributed by atoms with van der Waals surface area (Å²) in [5.74, 6) is 0.628. The fourth-order valence-electron chi connectivity index (χ4n) is 1.16. The lowest BCUT2D eigenvalue weighted by molar-refractivity contribution is 1.06. The Morgan fingerprint density at radius 2 is 2.50 bits per heavy atom. The second kappa shape index (κ2) is 4.87. The summed E-state index contributed by atoms with van der Waals surface area (Å²) in [5.41, 5.74) is 0.502. The van der Waals surface area contributed by atoms with E-state index in [9.17, 15) is 0 Å². The van der Waals surface area contributed by atoms with Crippen molar-refractivity contribution in [2.24, 2.45) is 0 Å². The summed E-state index contributed by atoms with van der Waals surface area (Å²) >= 11 is 10.7. The van der Waals surface area contributed by atoms with E-state index in [1.807, 2.05) is 12.1 Å². The maximum Gasteiger partial charge on any atom is 0.139 e. The number of halogens is 2. The first-order valence-electron chi connectivity index (χ1n) is 4.31. The third-order valence-corrected chi connectivity index (χ3v) is 4.37. The van der Waals surface area contributed by atoms with Gasteiger partial charge in [0.2, 0.25) is 0 Å². The van der Waals surface area contributed by atoms with Gasteiger partial charge in [-0.2, -0.15) is 10.4 Å². The lowest BCUT2D eigenvalue weighted by Gasteiger charge is -2.00. The van der Waals surface area contributed by atoms with Gasteiger partial charge in [-0.1, -0.05) is 11.6 Å². The number of nitrogens with one attached hydrogen (secondary N) is 2. The highest BCUT2D eigenvalue weighted by Crippen LogP contribution is 2.32. The molecule has 0 amide bonds. The highest BCUT2D eigenvalue weighted by molar-refractivity contribution is 9.10. The van der Waals surface area contributed by atoms with E-state index >= 15 is 0 Å². The number of aromatic nitrogens is 2. The Bertz CT molecular complexity index is 522. The molecule has 0 aliphatic carbocycles. The van der Waals surface area contributed by atoms with Gasteiger partial charge in [0.1, 0.15) is 21.8 Å². The Labute approximate surface area is 109 Å². The Morgan fingerprint density at radius 1 is 1.69 bits per heavy atom. The molecule has 0 radical (unpaired) electrons. The molecule has 0 unspecified atom stereocenters. The van der Waals surface area contributed by atoms with Crippen molar-refractivity contribution in [3.8, 4) is 6.07 Å². The Hall–Kier alpha value is -1.03. The van der Waals surface area contributed by atoms with Gasteiger partial charge in [0.25, 0.3) is 0 Å². The molecule has 2 N–H and O–H groups in total. The van der Waals surface area contributed by atoms with Gasteiger partial charge in [0, 0.05) is 9.35 Å². The zero-order chi connectivity index (χ0) is 11.5. The Morgan fingerprint density at radius 3 is 3.12 bits per heavy atom. The van der Waals surface area contributed by atoms with Crippen molar-refractivity contribution in [1.82, 2.24) is 10.2 Å². The van der Waals surface area contributed by atoms with Crippen molar-refractivity contribution in [1.29, 1.82) is 5.26 Å². The largest absolute Gasteiger partial charge is 0.364 e. The first kappa shape index (κ1) is 11.5. The van der Waals surface area contributed by atoms with Crippen LogP contribution >= 0.6 is 38.9 Å². The van der Waals surface area contributed by atoms with Crippen molar-refractivity contribution in [3.05, 3.63) is 31.5 Å². The van der Waals surface area contributed by atoms with E-state index in [0.717, 1.165) is 13.7 Å². The zero-order valence-electron chi connectivity index (χ0n) is 7.92. The molecule has 0 saturated carbocycles. The van der Waals surface area contributed by atoms with Crippen LogP contribution in [0.2, 0.25) is 4.34 Å². The predicted molar refractivity (Wildman–Crippen MR) is 67.7 cm³/mol. The molecule has 2 rings (SSSR count). The fraction of sp³-hybridized carbons (Fsp3) is 0.111. The molecule has 7 heteroatoms. The number of thiophene rings is 1. The topological polar surface area (TPSA) is 64.5 Å². The van der Waals surface area contributed by atoms with Crippen molar-refractivity contribution < 1.29 is 0 Å². The lowest BCUT2D eigenvalue weighted by Crippen LogP contribution is -1.99. The third kappa shape index (κ3) is 2.38. The first-order valence-corrected chi connectivity index (χ1v) is 6.30. The van der Waals surface area contributed by atoms with E-state index in [0.29, 0.717) is 17.9 Å². The molecular formula is C9H6BrClN4S. The van der Waals surface area contributed by atoms with Crippen molar-refractivity contribution >= 4 is 44.7 Å². The number of aromatic amines is 1. The van der Waals surface area contributed by atoms with Crippen molar-refractivity contribution in [2.45, 2.75) is 6.54 Å². The molecule has 4 nitrogen and oxygen atoms in total. The van der Waals surface area contributed by atoms with Crippen molar-refractivity contribution in [2.75, 3.05) is 5.32 Å². The van der Waals surface area contributed by atoms with Crippen LogP contribution in [0.3, 0.4) is 0 Å². The maximum atomic E-state index is 8.78. The van der Waals surface area contributed by atoms with E-state index < -0.39 is 0 Å². The number of H-pyrrole nitrogens is 1.